The molecular formula is C27H29N3O3. The Kier molecular flexibility index (Phi) is 5.52. The number of hydrogen-bond donors (Lipinski definition) is 0. The first-order chi connectivity index (χ1) is 16.0. The number of ether oxygens (including phenoxy) is 1. The van der Waals surface area contributed by atoms with Crippen molar-refractivity contribution in [1.29, 1.82) is 0 Å². The van der Waals surface area contributed by atoms with Gasteiger partial charge < -0.3 is 13.9 Å². The number of pyridine rings is 3. The van der Waals surface area contributed by atoms with Gasteiger partial charge in [0.1, 0.15) is 5.75 Å². The van der Waals surface area contributed by atoms with Crippen LogP contribution < -0.4 is 15.9 Å². The van der Waals surface area contributed by atoms with Crippen LogP contribution in [0.1, 0.15) is 44.7 Å². The van der Waals surface area contributed by atoms with Crippen molar-refractivity contribution >= 4 is 21.8 Å². The van der Waals surface area contributed by atoms with E-state index in [9.17, 15) is 9.59 Å². The van der Waals surface area contributed by atoms with Crippen LogP contribution in [0.15, 0.2) is 64.4 Å². The lowest BCUT2D eigenvalue weighted by molar-refractivity contribution is 0.183. The molecule has 1 saturated carbocycles. The Morgan fingerprint density at radius 3 is 2.36 bits per heavy atom. The zero-order valence-corrected chi connectivity index (χ0v) is 19.3. The van der Waals surface area contributed by atoms with Crippen LogP contribution in [0.4, 0.5) is 0 Å². The van der Waals surface area contributed by atoms with Gasteiger partial charge in [0.2, 0.25) is 0 Å². The van der Waals surface area contributed by atoms with Crippen molar-refractivity contribution < 1.29 is 4.74 Å². The van der Waals surface area contributed by atoms with Crippen LogP contribution >= 0.6 is 0 Å². The minimum Gasteiger partial charge on any atom is -0.497 e. The molecule has 6 nitrogen and oxygen atoms in total. The lowest BCUT2D eigenvalue weighted by atomic mass is 9.78. The third-order valence-corrected chi connectivity index (χ3v) is 7.38. The molecule has 0 bridgehead atoms. The van der Waals surface area contributed by atoms with E-state index >= 15 is 0 Å². The van der Waals surface area contributed by atoms with Gasteiger partial charge in [0.25, 0.3) is 11.1 Å². The number of methoxy groups -OCH3 is 1. The van der Waals surface area contributed by atoms with E-state index in [0.717, 1.165) is 24.2 Å². The molecule has 0 saturated heterocycles. The highest BCUT2D eigenvalue weighted by atomic mass is 16.5. The molecule has 0 spiro atoms. The molecule has 1 aliphatic rings. The normalized spacial score (nSPS) is 20.9. The molecule has 33 heavy (non-hydrogen) atoms. The third-order valence-electron chi connectivity index (χ3n) is 7.38. The Bertz CT molecular complexity index is 1440. The lowest BCUT2D eigenvalue weighted by Gasteiger charge is -2.35. The monoisotopic (exact) mass is 443 g/mol. The van der Waals surface area contributed by atoms with Crippen molar-refractivity contribution in [3.05, 3.63) is 81.1 Å². The topological polar surface area (TPSA) is 66.1 Å². The Morgan fingerprint density at radius 2 is 1.64 bits per heavy atom. The Balaban J connectivity index is 1.58. The number of benzene rings is 1. The Morgan fingerprint density at radius 1 is 0.939 bits per heavy atom. The first-order valence-corrected chi connectivity index (χ1v) is 11.6. The summed E-state index contributed by atoms with van der Waals surface area (Å²) >= 11 is 0. The summed E-state index contributed by atoms with van der Waals surface area (Å²) in [5.41, 5.74) is 2.03. The van der Waals surface area contributed by atoms with Crippen LogP contribution in [0.5, 0.6) is 5.75 Å². The summed E-state index contributed by atoms with van der Waals surface area (Å²) < 4.78 is 8.74. The highest BCUT2D eigenvalue weighted by molar-refractivity contribution is 5.91. The van der Waals surface area contributed by atoms with Crippen LogP contribution in [0, 0.1) is 11.8 Å². The maximum Gasteiger partial charge on any atom is 0.260 e. The molecule has 5 rings (SSSR count). The van der Waals surface area contributed by atoms with Crippen molar-refractivity contribution in [2.75, 3.05) is 7.11 Å². The van der Waals surface area contributed by atoms with Crippen molar-refractivity contribution in [2.45, 2.75) is 45.7 Å². The summed E-state index contributed by atoms with van der Waals surface area (Å²) in [4.78, 5) is 31.4. The van der Waals surface area contributed by atoms with Crippen LogP contribution in [0.3, 0.4) is 0 Å². The van der Waals surface area contributed by atoms with Gasteiger partial charge in [0, 0.05) is 18.4 Å². The van der Waals surface area contributed by atoms with E-state index in [1.54, 1.807) is 23.9 Å². The molecule has 0 unspecified atom stereocenters. The van der Waals surface area contributed by atoms with Crippen molar-refractivity contribution in [2.24, 2.45) is 11.8 Å². The van der Waals surface area contributed by atoms with Gasteiger partial charge in [-0.25, -0.2) is 4.98 Å². The SMILES string of the molecule is COc1ccc(Cn2ccc3nc4ccn([C@@H]5CCC[C@H](C)[C@H]5C)c(=O)c4cc3c2=O)cc1. The fourth-order valence-corrected chi connectivity index (χ4v) is 5.14. The van der Waals surface area contributed by atoms with Gasteiger partial charge >= 0.3 is 0 Å². The van der Waals surface area contributed by atoms with E-state index < -0.39 is 0 Å². The maximum absolute atomic E-state index is 13.5. The lowest BCUT2D eigenvalue weighted by Crippen LogP contribution is -2.33. The predicted molar refractivity (Wildman–Crippen MR) is 131 cm³/mol. The Hall–Kier alpha value is -3.41. The molecule has 3 atom stereocenters. The number of hydrogen-bond acceptors (Lipinski definition) is 4. The fourth-order valence-electron chi connectivity index (χ4n) is 5.14. The van der Waals surface area contributed by atoms with E-state index in [2.05, 4.69) is 18.8 Å². The molecule has 0 N–H and O–H groups in total. The summed E-state index contributed by atoms with van der Waals surface area (Å²) in [6, 6.07) is 13.3. The van der Waals surface area contributed by atoms with Gasteiger partial charge in [0.15, 0.2) is 0 Å². The zero-order valence-electron chi connectivity index (χ0n) is 19.3. The number of rotatable bonds is 4. The van der Waals surface area contributed by atoms with E-state index in [4.69, 9.17) is 4.74 Å². The summed E-state index contributed by atoms with van der Waals surface area (Å²) in [6.07, 6.45) is 6.99. The summed E-state index contributed by atoms with van der Waals surface area (Å²) in [5, 5.41) is 0.980. The van der Waals surface area contributed by atoms with Gasteiger partial charge in [-0.3, -0.25) is 9.59 Å². The third kappa shape index (κ3) is 3.84. The number of aromatic nitrogens is 3. The average molecular weight is 444 g/mol. The van der Waals surface area contributed by atoms with Crippen LogP contribution in [-0.4, -0.2) is 21.2 Å². The van der Waals surface area contributed by atoms with Gasteiger partial charge in [-0.1, -0.05) is 38.8 Å². The molecule has 3 heterocycles. The van der Waals surface area contributed by atoms with Gasteiger partial charge in [-0.05, 0) is 54.2 Å². The Labute approximate surface area is 192 Å². The highest BCUT2D eigenvalue weighted by Crippen LogP contribution is 2.37. The molecule has 6 heteroatoms. The first-order valence-electron chi connectivity index (χ1n) is 11.6. The molecule has 1 aromatic carbocycles. The summed E-state index contributed by atoms with van der Waals surface area (Å²) in [6.45, 7) is 4.94. The average Bonchev–Trinajstić information content (AvgIpc) is 2.83. The van der Waals surface area contributed by atoms with Gasteiger partial charge in [-0.15, -0.1) is 0 Å². The molecule has 1 aliphatic carbocycles. The fraction of sp³-hybridized carbons (Fsp3) is 0.370. The smallest absolute Gasteiger partial charge is 0.260 e. The quantitative estimate of drug-likeness (QED) is 0.426. The molecule has 1 fully saturated rings. The first kappa shape index (κ1) is 21.4. The van der Waals surface area contributed by atoms with Crippen molar-refractivity contribution in [1.82, 2.24) is 14.1 Å². The largest absolute Gasteiger partial charge is 0.497 e. The van der Waals surface area contributed by atoms with Gasteiger partial charge in [0.05, 0.1) is 35.5 Å². The maximum atomic E-state index is 13.5. The second-order valence-electron chi connectivity index (χ2n) is 9.31. The van der Waals surface area contributed by atoms with Crippen LogP contribution in [0.25, 0.3) is 21.8 Å². The molecule has 4 aromatic rings. The number of nitrogens with zero attached hydrogens (tertiary/aromatic N) is 3. The van der Waals surface area contributed by atoms with E-state index in [1.165, 1.54) is 6.42 Å². The summed E-state index contributed by atoms with van der Waals surface area (Å²) in [5.74, 6) is 1.80. The van der Waals surface area contributed by atoms with E-state index in [0.29, 0.717) is 40.2 Å². The molecule has 3 aromatic heterocycles. The predicted octanol–water partition coefficient (Wildman–Crippen LogP) is 4.77. The van der Waals surface area contributed by atoms with Crippen molar-refractivity contribution in [3.63, 3.8) is 0 Å². The standard InChI is InChI=1S/C27H29N3O3/c1-17-5-4-6-25(18(17)2)30-14-12-24-22(27(30)32)15-21-23(28-24)11-13-29(26(21)31)16-19-7-9-20(33-3)10-8-19/h7-15,17-18,25H,4-6,16H2,1-3H3/t17-,18+,25+/m0/s1. The summed E-state index contributed by atoms with van der Waals surface area (Å²) in [7, 11) is 1.63. The second-order valence-corrected chi connectivity index (χ2v) is 9.31. The molecule has 170 valence electrons. The van der Waals surface area contributed by atoms with Crippen LogP contribution in [-0.2, 0) is 6.54 Å². The van der Waals surface area contributed by atoms with E-state index in [1.807, 2.05) is 47.2 Å². The molecule has 0 amide bonds. The molecular weight excluding hydrogens is 414 g/mol. The molecule has 0 aliphatic heterocycles. The van der Waals surface area contributed by atoms with Gasteiger partial charge in [-0.2, -0.15) is 0 Å². The second kappa shape index (κ2) is 8.50. The minimum atomic E-state index is -0.146. The highest BCUT2D eigenvalue weighted by Gasteiger charge is 2.29. The zero-order chi connectivity index (χ0) is 23.1. The van der Waals surface area contributed by atoms with Crippen LogP contribution in [0.2, 0.25) is 0 Å². The van der Waals surface area contributed by atoms with E-state index in [-0.39, 0.29) is 17.2 Å². The molecule has 0 radical (unpaired) electrons. The minimum absolute atomic E-state index is 0.0576. The van der Waals surface area contributed by atoms with Crippen molar-refractivity contribution in [3.8, 4) is 5.75 Å². The number of fused-ring (bicyclic) bond motifs is 2.